The fourth-order valence-corrected chi connectivity index (χ4v) is 2.77. The second kappa shape index (κ2) is 6.87. The van der Waals surface area contributed by atoms with Crippen LogP contribution < -0.4 is 5.32 Å². The van der Waals surface area contributed by atoms with E-state index in [4.69, 9.17) is 11.6 Å². The number of halogens is 1. The van der Waals surface area contributed by atoms with Crippen molar-refractivity contribution in [3.63, 3.8) is 0 Å². The minimum atomic E-state index is -0.284. The van der Waals surface area contributed by atoms with Crippen molar-refractivity contribution >= 4 is 35.0 Å². The molecule has 0 heterocycles. The highest BCUT2D eigenvalue weighted by Gasteiger charge is 2.10. The minimum Gasteiger partial charge on any atom is -0.506 e. The highest BCUT2D eigenvalue weighted by atomic mass is 35.5. The van der Waals surface area contributed by atoms with Crippen molar-refractivity contribution in [1.29, 1.82) is 0 Å². The zero-order valence-electron chi connectivity index (χ0n) is 11.8. The molecule has 0 saturated heterocycles. The molecule has 21 heavy (non-hydrogen) atoms. The molecule has 0 unspecified atom stereocenters. The summed E-state index contributed by atoms with van der Waals surface area (Å²) >= 11 is 7.59. The van der Waals surface area contributed by atoms with Crippen molar-refractivity contribution in [3.8, 4) is 5.75 Å². The van der Waals surface area contributed by atoms with Gasteiger partial charge in [-0.2, -0.15) is 0 Å². The summed E-state index contributed by atoms with van der Waals surface area (Å²) in [4.78, 5) is 13.3. The first-order chi connectivity index (χ1) is 9.95. The summed E-state index contributed by atoms with van der Waals surface area (Å²) in [6.07, 6.45) is 0. The molecule has 0 aromatic heterocycles. The lowest BCUT2D eigenvalue weighted by molar-refractivity contribution is 0.102. The molecule has 0 aliphatic carbocycles. The monoisotopic (exact) mass is 321 g/mol. The van der Waals surface area contributed by atoms with Gasteiger partial charge in [-0.25, -0.2) is 0 Å². The Morgan fingerprint density at radius 3 is 2.48 bits per heavy atom. The van der Waals surface area contributed by atoms with Crippen molar-refractivity contribution in [2.24, 2.45) is 0 Å². The number of nitrogens with one attached hydrogen (secondary N) is 1. The third kappa shape index (κ3) is 4.41. The van der Waals surface area contributed by atoms with E-state index in [9.17, 15) is 9.90 Å². The first kappa shape index (κ1) is 15.7. The standard InChI is InChI=1S/C16H16ClNO2S/c1-10(2)21-13-6-3-11(4-7-13)16(20)18-14-9-12(17)5-8-15(14)19/h3-10,19H,1-2H3,(H,18,20). The fourth-order valence-electron chi connectivity index (χ4n) is 1.76. The molecule has 110 valence electrons. The molecule has 0 atom stereocenters. The molecule has 0 aliphatic rings. The maximum atomic E-state index is 12.1. The molecule has 2 N–H and O–H groups in total. The number of carbonyl (C=O) groups excluding carboxylic acids is 1. The van der Waals surface area contributed by atoms with Crippen LogP contribution in [-0.2, 0) is 0 Å². The summed E-state index contributed by atoms with van der Waals surface area (Å²) in [6.45, 7) is 4.24. The lowest BCUT2D eigenvalue weighted by atomic mass is 10.2. The second-order valence-electron chi connectivity index (χ2n) is 4.81. The van der Waals surface area contributed by atoms with Crippen LogP contribution in [0, 0.1) is 0 Å². The van der Waals surface area contributed by atoms with E-state index in [0.717, 1.165) is 4.90 Å². The van der Waals surface area contributed by atoms with Crippen molar-refractivity contribution in [1.82, 2.24) is 0 Å². The number of phenols is 1. The van der Waals surface area contributed by atoms with Crippen LogP contribution >= 0.6 is 23.4 Å². The third-order valence-electron chi connectivity index (χ3n) is 2.70. The summed E-state index contributed by atoms with van der Waals surface area (Å²) in [7, 11) is 0. The van der Waals surface area contributed by atoms with Gasteiger partial charge in [0.15, 0.2) is 0 Å². The summed E-state index contributed by atoms with van der Waals surface area (Å²) < 4.78 is 0. The second-order valence-corrected chi connectivity index (χ2v) is 6.89. The zero-order valence-corrected chi connectivity index (χ0v) is 13.3. The predicted molar refractivity (Wildman–Crippen MR) is 88.5 cm³/mol. The molecule has 0 bridgehead atoms. The number of amides is 1. The molecule has 2 aromatic carbocycles. The topological polar surface area (TPSA) is 49.3 Å². The maximum absolute atomic E-state index is 12.1. The van der Waals surface area contributed by atoms with Gasteiger partial charge in [-0.3, -0.25) is 4.79 Å². The molecule has 5 heteroatoms. The van der Waals surface area contributed by atoms with E-state index in [2.05, 4.69) is 19.2 Å². The fraction of sp³-hybridized carbons (Fsp3) is 0.188. The number of aromatic hydroxyl groups is 1. The van der Waals surface area contributed by atoms with E-state index >= 15 is 0 Å². The Balaban J connectivity index is 2.11. The molecule has 0 fully saturated rings. The van der Waals surface area contributed by atoms with Gasteiger partial charge in [0.1, 0.15) is 5.75 Å². The highest BCUT2D eigenvalue weighted by molar-refractivity contribution is 7.99. The number of hydrogen-bond donors (Lipinski definition) is 2. The molecule has 0 radical (unpaired) electrons. The van der Waals surface area contributed by atoms with Gasteiger partial charge < -0.3 is 10.4 Å². The molecule has 0 saturated carbocycles. The number of carbonyl (C=O) groups is 1. The lowest BCUT2D eigenvalue weighted by Crippen LogP contribution is -2.11. The molecular weight excluding hydrogens is 306 g/mol. The van der Waals surface area contributed by atoms with Crippen LogP contribution in [0.2, 0.25) is 5.02 Å². The van der Waals surface area contributed by atoms with E-state index in [1.807, 2.05) is 12.1 Å². The summed E-state index contributed by atoms with van der Waals surface area (Å²) in [5.74, 6) is -0.298. The predicted octanol–water partition coefficient (Wildman–Crippen LogP) is 4.80. The first-order valence-corrected chi connectivity index (χ1v) is 7.78. The van der Waals surface area contributed by atoms with Crippen molar-refractivity contribution in [2.45, 2.75) is 24.0 Å². The van der Waals surface area contributed by atoms with Crippen molar-refractivity contribution in [2.75, 3.05) is 5.32 Å². The number of phenolic OH excluding ortho intramolecular Hbond substituents is 1. The number of hydrogen-bond acceptors (Lipinski definition) is 3. The van der Waals surface area contributed by atoms with Crippen molar-refractivity contribution < 1.29 is 9.90 Å². The van der Waals surface area contributed by atoms with Gasteiger partial charge in [0.05, 0.1) is 5.69 Å². The first-order valence-electron chi connectivity index (χ1n) is 6.52. The van der Waals surface area contributed by atoms with Crippen LogP contribution in [0.3, 0.4) is 0 Å². The van der Waals surface area contributed by atoms with E-state index in [1.54, 1.807) is 30.0 Å². The molecule has 1 amide bonds. The number of thioether (sulfide) groups is 1. The zero-order chi connectivity index (χ0) is 15.4. The van der Waals surface area contributed by atoms with E-state index in [1.165, 1.54) is 12.1 Å². The quantitative estimate of drug-likeness (QED) is 0.628. The van der Waals surface area contributed by atoms with Crippen LogP contribution in [0.5, 0.6) is 5.75 Å². The van der Waals surface area contributed by atoms with E-state index in [0.29, 0.717) is 21.5 Å². The highest BCUT2D eigenvalue weighted by Crippen LogP contribution is 2.27. The third-order valence-corrected chi connectivity index (χ3v) is 3.95. The normalized spacial score (nSPS) is 10.7. The molecular formula is C16H16ClNO2S. The Kier molecular flexibility index (Phi) is 5.15. The summed E-state index contributed by atoms with van der Waals surface area (Å²) in [5.41, 5.74) is 0.829. The van der Waals surface area contributed by atoms with Crippen LogP contribution in [0.25, 0.3) is 0 Å². The Hall–Kier alpha value is -1.65. The van der Waals surface area contributed by atoms with Crippen LogP contribution in [0.1, 0.15) is 24.2 Å². The average Bonchev–Trinajstić information content (AvgIpc) is 2.43. The molecule has 3 nitrogen and oxygen atoms in total. The Morgan fingerprint density at radius 2 is 1.86 bits per heavy atom. The van der Waals surface area contributed by atoms with Gasteiger partial charge in [-0.1, -0.05) is 25.4 Å². The van der Waals surface area contributed by atoms with Crippen LogP contribution in [-0.4, -0.2) is 16.3 Å². The molecule has 0 spiro atoms. The Morgan fingerprint density at radius 1 is 1.19 bits per heavy atom. The smallest absolute Gasteiger partial charge is 0.255 e. The number of benzene rings is 2. The summed E-state index contributed by atoms with van der Waals surface area (Å²) in [5, 5.41) is 13.3. The number of rotatable bonds is 4. The Bertz CT molecular complexity index is 641. The molecule has 0 aliphatic heterocycles. The molecule has 2 rings (SSSR count). The SMILES string of the molecule is CC(C)Sc1ccc(C(=O)Nc2cc(Cl)ccc2O)cc1. The van der Waals surface area contributed by atoms with Gasteiger partial charge in [-0.05, 0) is 42.5 Å². The van der Waals surface area contributed by atoms with E-state index < -0.39 is 0 Å². The van der Waals surface area contributed by atoms with Gasteiger partial charge >= 0.3 is 0 Å². The Labute approximate surface area is 133 Å². The van der Waals surface area contributed by atoms with Gasteiger partial charge in [0, 0.05) is 20.7 Å². The van der Waals surface area contributed by atoms with E-state index in [-0.39, 0.29) is 11.7 Å². The molecule has 2 aromatic rings. The average molecular weight is 322 g/mol. The summed E-state index contributed by atoms with van der Waals surface area (Å²) in [6, 6.07) is 11.9. The lowest BCUT2D eigenvalue weighted by Gasteiger charge is -2.09. The van der Waals surface area contributed by atoms with Crippen LogP contribution in [0.4, 0.5) is 5.69 Å². The van der Waals surface area contributed by atoms with Crippen molar-refractivity contribution in [3.05, 3.63) is 53.1 Å². The van der Waals surface area contributed by atoms with Gasteiger partial charge in [0.2, 0.25) is 0 Å². The maximum Gasteiger partial charge on any atom is 0.255 e. The largest absolute Gasteiger partial charge is 0.506 e. The minimum absolute atomic E-state index is 0.0141. The number of anilines is 1. The van der Waals surface area contributed by atoms with Crippen LogP contribution in [0.15, 0.2) is 47.4 Å². The van der Waals surface area contributed by atoms with Gasteiger partial charge in [0.25, 0.3) is 5.91 Å². The van der Waals surface area contributed by atoms with Gasteiger partial charge in [-0.15, -0.1) is 11.8 Å².